The van der Waals surface area contributed by atoms with Crippen molar-refractivity contribution >= 4 is 11.7 Å². The van der Waals surface area contributed by atoms with E-state index >= 15 is 0 Å². The number of nitrogens with zero attached hydrogens (tertiary/aromatic N) is 1. The van der Waals surface area contributed by atoms with Crippen LogP contribution in [-0.2, 0) is 6.54 Å². The fourth-order valence-electron chi connectivity index (χ4n) is 3.20. The number of amides is 2. The molecule has 3 rings (SSSR count). The van der Waals surface area contributed by atoms with Crippen LogP contribution in [0, 0.1) is 0 Å². The highest BCUT2D eigenvalue weighted by Gasteiger charge is 2.18. The second-order valence-corrected chi connectivity index (χ2v) is 6.60. The summed E-state index contributed by atoms with van der Waals surface area (Å²) in [5, 5.41) is 5.66. The molecule has 1 aromatic carbocycles. The van der Waals surface area contributed by atoms with E-state index < -0.39 is 0 Å². The van der Waals surface area contributed by atoms with Gasteiger partial charge >= 0.3 is 6.03 Å². The first-order valence-electron chi connectivity index (χ1n) is 9.66. The van der Waals surface area contributed by atoms with Crippen LogP contribution in [0.15, 0.2) is 36.5 Å². The smallest absolute Gasteiger partial charge is 0.319 e. The average Bonchev–Trinajstić information content (AvgIpc) is 3.21. The van der Waals surface area contributed by atoms with Crippen molar-refractivity contribution < 1.29 is 19.0 Å². The normalized spacial score (nSPS) is 13.8. The van der Waals surface area contributed by atoms with Crippen LogP contribution in [0.2, 0.25) is 0 Å². The number of aromatic nitrogens is 1. The van der Waals surface area contributed by atoms with E-state index in [0.717, 1.165) is 18.4 Å². The van der Waals surface area contributed by atoms with Gasteiger partial charge in [0.05, 0.1) is 13.7 Å². The molecule has 7 heteroatoms. The van der Waals surface area contributed by atoms with Gasteiger partial charge in [-0.05, 0) is 50.8 Å². The van der Waals surface area contributed by atoms with Crippen molar-refractivity contribution in [3.63, 3.8) is 0 Å². The second-order valence-electron chi connectivity index (χ2n) is 6.60. The highest BCUT2D eigenvalue weighted by molar-refractivity contribution is 5.89. The van der Waals surface area contributed by atoms with Crippen LogP contribution < -0.4 is 24.8 Å². The summed E-state index contributed by atoms with van der Waals surface area (Å²) in [6, 6.07) is 8.70. The minimum absolute atomic E-state index is 0.221. The van der Waals surface area contributed by atoms with Crippen molar-refractivity contribution in [2.45, 2.75) is 45.3 Å². The van der Waals surface area contributed by atoms with Gasteiger partial charge < -0.3 is 24.8 Å². The zero-order chi connectivity index (χ0) is 19.8. The number of urea groups is 1. The number of hydrogen-bond acceptors (Lipinski definition) is 5. The number of benzene rings is 1. The summed E-state index contributed by atoms with van der Waals surface area (Å²) < 4.78 is 16.8. The highest BCUT2D eigenvalue weighted by atomic mass is 16.5. The topological polar surface area (TPSA) is 81.7 Å². The van der Waals surface area contributed by atoms with Crippen molar-refractivity contribution in [1.29, 1.82) is 0 Å². The standard InChI is InChI=1S/C21H27N3O4/c1-3-27-19-13-16(10-11-18(19)26-2)24-21(25)23-14-15-7-6-12-22-20(15)28-17-8-4-5-9-17/h6-7,10-13,17H,3-5,8-9,14H2,1-2H3,(H2,23,24,25). The number of pyridine rings is 1. The molecule has 2 amide bonds. The molecule has 28 heavy (non-hydrogen) atoms. The van der Waals surface area contributed by atoms with Gasteiger partial charge in [0.25, 0.3) is 0 Å². The molecular formula is C21H27N3O4. The van der Waals surface area contributed by atoms with Gasteiger partial charge in [-0.1, -0.05) is 6.07 Å². The first-order chi connectivity index (χ1) is 13.7. The van der Waals surface area contributed by atoms with Crippen LogP contribution in [-0.4, -0.2) is 30.8 Å². The second kappa shape index (κ2) is 9.82. The average molecular weight is 385 g/mol. The lowest BCUT2D eigenvalue weighted by atomic mass is 10.2. The molecule has 0 spiro atoms. The number of nitrogens with one attached hydrogen (secondary N) is 2. The van der Waals surface area contributed by atoms with Crippen molar-refractivity contribution in [3.05, 3.63) is 42.1 Å². The molecular weight excluding hydrogens is 358 g/mol. The maximum absolute atomic E-state index is 12.3. The summed E-state index contributed by atoms with van der Waals surface area (Å²) in [6.45, 7) is 2.73. The monoisotopic (exact) mass is 385 g/mol. The molecule has 0 unspecified atom stereocenters. The number of ether oxygens (including phenoxy) is 3. The first kappa shape index (κ1) is 19.8. The molecule has 0 saturated heterocycles. The molecule has 1 aromatic heterocycles. The van der Waals surface area contributed by atoms with E-state index in [1.165, 1.54) is 12.8 Å². The molecule has 1 saturated carbocycles. The molecule has 2 N–H and O–H groups in total. The molecule has 7 nitrogen and oxygen atoms in total. The predicted octanol–water partition coefficient (Wildman–Crippen LogP) is 4.13. The number of anilines is 1. The zero-order valence-electron chi connectivity index (χ0n) is 16.4. The Morgan fingerprint density at radius 1 is 1.21 bits per heavy atom. The quantitative estimate of drug-likeness (QED) is 0.714. The van der Waals surface area contributed by atoms with Crippen molar-refractivity contribution in [3.8, 4) is 17.4 Å². The Hall–Kier alpha value is -2.96. The van der Waals surface area contributed by atoms with Crippen LogP contribution in [0.3, 0.4) is 0 Å². The van der Waals surface area contributed by atoms with Gasteiger partial charge in [-0.2, -0.15) is 0 Å². The fraction of sp³-hybridized carbons (Fsp3) is 0.429. The summed E-state index contributed by atoms with van der Waals surface area (Å²) in [6.07, 6.45) is 6.44. The van der Waals surface area contributed by atoms with E-state index in [9.17, 15) is 4.79 Å². The van der Waals surface area contributed by atoms with Gasteiger partial charge in [-0.3, -0.25) is 0 Å². The molecule has 1 aliphatic rings. The number of carbonyl (C=O) groups excluding carboxylic acids is 1. The molecule has 0 bridgehead atoms. The van der Waals surface area contributed by atoms with Gasteiger partial charge in [-0.15, -0.1) is 0 Å². The summed E-state index contributed by atoms with van der Waals surface area (Å²) in [5.74, 6) is 1.80. The Morgan fingerprint density at radius 2 is 2.04 bits per heavy atom. The number of methoxy groups -OCH3 is 1. The predicted molar refractivity (Wildman–Crippen MR) is 107 cm³/mol. The van der Waals surface area contributed by atoms with Gasteiger partial charge in [0.1, 0.15) is 6.10 Å². The SMILES string of the molecule is CCOc1cc(NC(=O)NCc2cccnc2OC2CCCC2)ccc1OC. The summed E-state index contributed by atoms with van der Waals surface area (Å²) >= 11 is 0. The van der Waals surface area contributed by atoms with E-state index in [1.807, 2.05) is 19.1 Å². The third kappa shape index (κ3) is 5.28. The third-order valence-corrected chi connectivity index (χ3v) is 4.59. The van der Waals surface area contributed by atoms with E-state index in [-0.39, 0.29) is 12.1 Å². The van der Waals surface area contributed by atoms with Gasteiger partial charge in [0.2, 0.25) is 5.88 Å². The van der Waals surface area contributed by atoms with Crippen LogP contribution in [0.5, 0.6) is 17.4 Å². The number of hydrogen-bond donors (Lipinski definition) is 2. The van der Waals surface area contributed by atoms with E-state index in [1.54, 1.807) is 31.5 Å². The lowest BCUT2D eigenvalue weighted by molar-refractivity contribution is 0.199. The molecule has 0 radical (unpaired) electrons. The fourth-order valence-corrected chi connectivity index (χ4v) is 3.20. The Kier molecular flexibility index (Phi) is 6.94. The van der Waals surface area contributed by atoms with E-state index in [2.05, 4.69) is 15.6 Å². The largest absolute Gasteiger partial charge is 0.493 e. The minimum Gasteiger partial charge on any atom is -0.493 e. The van der Waals surface area contributed by atoms with Crippen molar-refractivity contribution in [2.75, 3.05) is 19.0 Å². The van der Waals surface area contributed by atoms with Crippen molar-refractivity contribution in [2.24, 2.45) is 0 Å². The third-order valence-electron chi connectivity index (χ3n) is 4.59. The summed E-state index contributed by atoms with van der Waals surface area (Å²) in [4.78, 5) is 16.6. The van der Waals surface area contributed by atoms with Crippen molar-refractivity contribution in [1.82, 2.24) is 10.3 Å². The minimum atomic E-state index is -0.316. The Balaban J connectivity index is 1.58. The van der Waals surface area contributed by atoms with Gasteiger partial charge in [-0.25, -0.2) is 9.78 Å². The Labute approximate surface area is 165 Å². The molecule has 1 fully saturated rings. The Morgan fingerprint density at radius 3 is 2.79 bits per heavy atom. The molecule has 1 heterocycles. The van der Waals surface area contributed by atoms with Gasteiger partial charge in [0.15, 0.2) is 11.5 Å². The Bertz CT molecular complexity index is 791. The maximum Gasteiger partial charge on any atom is 0.319 e. The zero-order valence-corrected chi connectivity index (χ0v) is 16.4. The van der Waals surface area contributed by atoms with E-state index in [4.69, 9.17) is 14.2 Å². The molecule has 1 aliphatic carbocycles. The lowest BCUT2D eigenvalue weighted by Crippen LogP contribution is -2.28. The highest BCUT2D eigenvalue weighted by Crippen LogP contribution is 2.30. The summed E-state index contributed by atoms with van der Waals surface area (Å²) in [7, 11) is 1.58. The van der Waals surface area contributed by atoms with Crippen LogP contribution >= 0.6 is 0 Å². The van der Waals surface area contributed by atoms with Crippen LogP contribution in [0.4, 0.5) is 10.5 Å². The molecule has 0 atom stereocenters. The number of rotatable bonds is 8. The summed E-state index contributed by atoms with van der Waals surface area (Å²) in [5.41, 5.74) is 1.48. The first-order valence-corrected chi connectivity index (χ1v) is 9.66. The van der Waals surface area contributed by atoms with E-state index in [0.29, 0.717) is 36.2 Å². The molecule has 0 aliphatic heterocycles. The van der Waals surface area contributed by atoms with Gasteiger partial charge in [0, 0.05) is 30.1 Å². The molecule has 2 aromatic rings. The maximum atomic E-state index is 12.3. The lowest BCUT2D eigenvalue weighted by Gasteiger charge is -2.16. The number of carbonyl (C=O) groups is 1. The molecule has 150 valence electrons. The van der Waals surface area contributed by atoms with Crippen LogP contribution in [0.1, 0.15) is 38.2 Å². The van der Waals surface area contributed by atoms with Crippen LogP contribution in [0.25, 0.3) is 0 Å².